The van der Waals surface area contributed by atoms with E-state index in [2.05, 4.69) is 15.2 Å². The van der Waals surface area contributed by atoms with E-state index in [0.29, 0.717) is 11.7 Å². The number of aromatic nitrogens is 1. The van der Waals surface area contributed by atoms with Crippen LogP contribution in [-0.2, 0) is 0 Å². The molecule has 2 N–H and O–H groups in total. The topological polar surface area (TPSA) is 72.9 Å². The highest BCUT2D eigenvalue weighted by Gasteiger charge is 2.18. The van der Waals surface area contributed by atoms with E-state index < -0.39 is 0 Å². The maximum atomic E-state index is 5.67. The Hall–Kier alpha value is -1.91. The maximum absolute atomic E-state index is 5.67. The number of hydrogen-bond donors (Lipinski definition) is 1. The van der Waals surface area contributed by atoms with Gasteiger partial charge in [0, 0.05) is 18.4 Å². The minimum atomic E-state index is 0.209. The van der Waals surface area contributed by atoms with Gasteiger partial charge in [0.25, 0.3) is 0 Å². The van der Waals surface area contributed by atoms with E-state index in [4.69, 9.17) is 10.5 Å². The van der Waals surface area contributed by atoms with E-state index >= 15 is 0 Å². The summed E-state index contributed by atoms with van der Waals surface area (Å²) in [6.07, 6.45) is 0.759. The molecule has 1 unspecified atom stereocenters. The molecule has 5 nitrogen and oxygen atoms in total. The first-order chi connectivity index (χ1) is 7.70. The number of hydrogen-bond acceptors (Lipinski definition) is 5. The number of amidine groups is 1. The van der Waals surface area contributed by atoms with Crippen molar-refractivity contribution in [3.05, 3.63) is 23.9 Å². The molecular formula is C11H14N4O. The van der Waals surface area contributed by atoms with Crippen molar-refractivity contribution in [3.8, 4) is 5.88 Å². The van der Waals surface area contributed by atoms with Crippen LogP contribution < -0.4 is 10.5 Å². The van der Waals surface area contributed by atoms with Crippen LogP contribution in [0.5, 0.6) is 5.88 Å². The van der Waals surface area contributed by atoms with Crippen LogP contribution in [0.2, 0.25) is 0 Å². The molecule has 0 amide bonds. The molecule has 0 fully saturated rings. The summed E-state index contributed by atoms with van der Waals surface area (Å²) >= 11 is 0. The minimum Gasteiger partial charge on any atom is -0.481 e. The SMILES string of the molecule is COc1cccc(C2=NN=C(N)C(C)C2)n1. The standard InChI is InChI=1S/C11H14N4O/c1-7-6-9(14-15-11(7)12)8-4-3-5-10(13-8)16-2/h3-5,7H,6H2,1-2H3,(H2,12,15). The lowest BCUT2D eigenvalue weighted by molar-refractivity contribution is 0.397. The van der Waals surface area contributed by atoms with Crippen molar-refractivity contribution < 1.29 is 4.74 Å². The number of rotatable bonds is 2. The molecule has 2 rings (SSSR count). The van der Waals surface area contributed by atoms with E-state index in [1.165, 1.54) is 0 Å². The summed E-state index contributed by atoms with van der Waals surface area (Å²) in [6.45, 7) is 2.02. The normalized spacial score (nSPS) is 20.0. The van der Waals surface area contributed by atoms with Gasteiger partial charge in [0.1, 0.15) is 5.84 Å². The highest BCUT2D eigenvalue weighted by Crippen LogP contribution is 2.16. The third-order valence-electron chi connectivity index (χ3n) is 2.52. The number of ether oxygens (including phenoxy) is 1. The van der Waals surface area contributed by atoms with E-state index in [-0.39, 0.29) is 5.92 Å². The van der Waals surface area contributed by atoms with Crippen molar-refractivity contribution in [3.63, 3.8) is 0 Å². The molecule has 84 valence electrons. The van der Waals surface area contributed by atoms with Crippen molar-refractivity contribution in [2.45, 2.75) is 13.3 Å². The molecule has 1 aromatic rings. The van der Waals surface area contributed by atoms with Crippen molar-refractivity contribution in [1.82, 2.24) is 4.98 Å². The minimum absolute atomic E-state index is 0.209. The zero-order valence-electron chi connectivity index (χ0n) is 9.34. The van der Waals surface area contributed by atoms with Crippen LogP contribution in [0.25, 0.3) is 0 Å². The molecule has 0 aliphatic carbocycles. The Labute approximate surface area is 94.0 Å². The Bertz CT molecular complexity index is 453. The van der Waals surface area contributed by atoms with Crippen molar-refractivity contribution in [2.75, 3.05) is 7.11 Å². The number of nitrogens with two attached hydrogens (primary N) is 1. The van der Waals surface area contributed by atoms with Crippen LogP contribution in [0.3, 0.4) is 0 Å². The van der Waals surface area contributed by atoms with Crippen LogP contribution in [0.1, 0.15) is 19.0 Å². The quantitative estimate of drug-likeness (QED) is 0.810. The summed E-state index contributed by atoms with van der Waals surface area (Å²) in [6, 6.07) is 5.58. The molecule has 1 atom stereocenters. The van der Waals surface area contributed by atoms with Crippen molar-refractivity contribution >= 4 is 11.5 Å². The van der Waals surface area contributed by atoms with Crippen LogP contribution in [0.15, 0.2) is 28.4 Å². The first-order valence-electron chi connectivity index (χ1n) is 5.12. The second-order valence-corrected chi connectivity index (χ2v) is 3.74. The average molecular weight is 218 g/mol. The molecule has 2 heterocycles. The molecule has 16 heavy (non-hydrogen) atoms. The Morgan fingerprint density at radius 1 is 1.38 bits per heavy atom. The van der Waals surface area contributed by atoms with Gasteiger partial charge in [-0.2, -0.15) is 5.10 Å². The molecule has 0 saturated carbocycles. The van der Waals surface area contributed by atoms with Gasteiger partial charge >= 0.3 is 0 Å². The van der Waals surface area contributed by atoms with E-state index in [1.54, 1.807) is 13.2 Å². The lowest BCUT2D eigenvalue weighted by Gasteiger charge is -2.15. The van der Waals surface area contributed by atoms with E-state index in [0.717, 1.165) is 17.8 Å². The van der Waals surface area contributed by atoms with E-state index in [1.807, 2.05) is 19.1 Å². The highest BCUT2D eigenvalue weighted by molar-refractivity contribution is 6.03. The first kappa shape index (κ1) is 10.6. The Balaban J connectivity index is 2.31. The number of methoxy groups -OCH3 is 1. The van der Waals surface area contributed by atoms with Crippen molar-refractivity contribution in [1.29, 1.82) is 0 Å². The van der Waals surface area contributed by atoms with Gasteiger partial charge in [-0.05, 0) is 6.07 Å². The number of nitrogens with zero attached hydrogens (tertiary/aromatic N) is 3. The Morgan fingerprint density at radius 3 is 2.88 bits per heavy atom. The van der Waals surface area contributed by atoms with Crippen LogP contribution >= 0.6 is 0 Å². The Morgan fingerprint density at radius 2 is 2.19 bits per heavy atom. The van der Waals surface area contributed by atoms with Gasteiger partial charge in [0.05, 0.1) is 18.5 Å². The molecule has 0 radical (unpaired) electrons. The van der Waals surface area contributed by atoms with Gasteiger partial charge in [-0.25, -0.2) is 4.98 Å². The average Bonchev–Trinajstić information content (AvgIpc) is 2.33. The Kier molecular flexibility index (Phi) is 2.85. The van der Waals surface area contributed by atoms with Gasteiger partial charge in [0.15, 0.2) is 0 Å². The fourth-order valence-electron chi connectivity index (χ4n) is 1.50. The largest absolute Gasteiger partial charge is 0.481 e. The molecule has 0 saturated heterocycles. The predicted octanol–water partition coefficient (Wildman–Crippen LogP) is 1.19. The molecule has 1 aliphatic heterocycles. The summed E-state index contributed by atoms with van der Waals surface area (Å²) < 4.78 is 5.07. The summed E-state index contributed by atoms with van der Waals surface area (Å²) in [7, 11) is 1.59. The van der Waals surface area contributed by atoms with Crippen molar-refractivity contribution in [2.24, 2.45) is 21.9 Å². The predicted molar refractivity (Wildman–Crippen MR) is 62.7 cm³/mol. The molecular weight excluding hydrogens is 204 g/mol. The van der Waals surface area contributed by atoms with E-state index in [9.17, 15) is 0 Å². The zero-order chi connectivity index (χ0) is 11.5. The number of pyridine rings is 1. The summed E-state index contributed by atoms with van der Waals surface area (Å²) in [5, 5.41) is 7.99. The zero-order valence-corrected chi connectivity index (χ0v) is 9.34. The van der Waals surface area contributed by atoms with Crippen LogP contribution in [-0.4, -0.2) is 23.6 Å². The second-order valence-electron chi connectivity index (χ2n) is 3.74. The smallest absolute Gasteiger partial charge is 0.213 e. The molecule has 1 aromatic heterocycles. The third kappa shape index (κ3) is 2.03. The maximum Gasteiger partial charge on any atom is 0.213 e. The van der Waals surface area contributed by atoms with Gasteiger partial charge in [0.2, 0.25) is 5.88 Å². The lowest BCUT2D eigenvalue weighted by atomic mass is 10.00. The monoisotopic (exact) mass is 218 g/mol. The summed E-state index contributed by atoms with van der Waals surface area (Å²) in [5.41, 5.74) is 7.31. The van der Waals surface area contributed by atoms with Crippen LogP contribution in [0, 0.1) is 5.92 Å². The van der Waals surface area contributed by atoms with Gasteiger partial charge in [-0.15, -0.1) is 5.10 Å². The molecule has 0 aromatic carbocycles. The first-order valence-corrected chi connectivity index (χ1v) is 5.12. The highest BCUT2D eigenvalue weighted by atomic mass is 16.5. The van der Waals surface area contributed by atoms with Gasteiger partial charge in [-0.1, -0.05) is 13.0 Å². The molecule has 0 bridgehead atoms. The lowest BCUT2D eigenvalue weighted by Crippen LogP contribution is -2.27. The molecule has 0 spiro atoms. The molecule has 5 heteroatoms. The third-order valence-corrected chi connectivity index (χ3v) is 2.52. The fraction of sp³-hybridized carbons (Fsp3) is 0.364. The van der Waals surface area contributed by atoms with Gasteiger partial charge in [-0.3, -0.25) is 0 Å². The van der Waals surface area contributed by atoms with Gasteiger partial charge < -0.3 is 10.5 Å². The van der Waals surface area contributed by atoms with Crippen LogP contribution in [0.4, 0.5) is 0 Å². The summed E-state index contributed by atoms with van der Waals surface area (Å²) in [4.78, 5) is 4.31. The fourth-order valence-corrected chi connectivity index (χ4v) is 1.50. The summed E-state index contributed by atoms with van der Waals surface area (Å²) in [5.74, 6) is 1.36. The second kappa shape index (κ2) is 4.30. The molecule has 1 aliphatic rings.